The summed E-state index contributed by atoms with van der Waals surface area (Å²) in [5.74, 6) is 1.52. The Hall–Kier alpha value is -3.98. The van der Waals surface area contributed by atoms with Gasteiger partial charge in [-0.05, 0) is 44.2 Å². The highest BCUT2D eigenvalue weighted by molar-refractivity contribution is 8.00. The maximum atomic E-state index is 13.1. The molecule has 0 saturated carbocycles. The van der Waals surface area contributed by atoms with Crippen molar-refractivity contribution in [3.8, 4) is 11.5 Å². The summed E-state index contributed by atoms with van der Waals surface area (Å²) in [6.07, 6.45) is 1.60. The average Bonchev–Trinajstić information content (AvgIpc) is 3.47. The smallest absolute Gasteiger partial charge is 0.254 e. The maximum absolute atomic E-state index is 13.1. The van der Waals surface area contributed by atoms with Gasteiger partial charge in [-0.2, -0.15) is 0 Å². The summed E-state index contributed by atoms with van der Waals surface area (Å²) in [5, 5.41) is 7.32. The first-order chi connectivity index (χ1) is 17.0. The fraction of sp³-hybridized carbons (Fsp3) is 0.192. The Kier molecular flexibility index (Phi) is 6.33. The van der Waals surface area contributed by atoms with Gasteiger partial charge in [0.05, 0.1) is 17.4 Å². The summed E-state index contributed by atoms with van der Waals surface area (Å²) >= 11 is 1.19. The number of hydrogen-bond donors (Lipinski definition) is 2. The Morgan fingerprint density at radius 3 is 2.77 bits per heavy atom. The number of aryl methyl sites for hydroxylation is 1. The molecule has 1 aliphatic rings. The number of nitrogens with one attached hydrogen (secondary N) is 2. The van der Waals surface area contributed by atoms with Crippen LogP contribution in [0, 0.1) is 6.92 Å². The number of aromatic nitrogens is 1. The van der Waals surface area contributed by atoms with Crippen molar-refractivity contribution in [1.29, 1.82) is 0 Å². The van der Waals surface area contributed by atoms with Crippen molar-refractivity contribution in [3.05, 3.63) is 77.7 Å². The van der Waals surface area contributed by atoms with Crippen LogP contribution in [-0.4, -0.2) is 29.3 Å². The minimum absolute atomic E-state index is 0.0873. The third kappa shape index (κ3) is 4.81. The fourth-order valence-electron chi connectivity index (χ4n) is 3.93. The van der Waals surface area contributed by atoms with Crippen LogP contribution in [0.15, 0.2) is 70.2 Å². The van der Waals surface area contributed by atoms with Crippen LogP contribution < -0.4 is 20.1 Å². The van der Waals surface area contributed by atoms with Crippen molar-refractivity contribution in [2.24, 2.45) is 0 Å². The van der Waals surface area contributed by atoms with E-state index in [4.69, 9.17) is 13.9 Å². The molecule has 0 fully saturated rings. The number of para-hydroxylation sites is 1. The largest absolute Gasteiger partial charge is 0.459 e. The molecule has 1 aliphatic heterocycles. The second-order valence-electron chi connectivity index (χ2n) is 8.04. The Morgan fingerprint density at radius 1 is 1.09 bits per heavy atom. The highest BCUT2D eigenvalue weighted by atomic mass is 32.2. The van der Waals surface area contributed by atoms with E-state index in [2.05, 4.69) is 15.6 Å². The number of benzene rings is 2. The normalized spacial score (nSPS) is 13.0. The molecule has 178 valence electrons. The molecular weight excluding hydrogens is 466 g/mol. The van der Waals surface area contributed by atoms with Crippen LogP contribution in [0.25, 0.3) is 11.0 Å². The van der Waals surface area contributed by atoms with Crippen LogP contribution in [0.4, 0.5) is 5.69 Å². The lowest BCUT2D eigenvalue weighted by molar-refractivity contribution is -0.113. The van der Waals surface area contributed by atoms with E-state index in [1.807, 2.05) is 38.1 Å². The second kappa shape index (κ2) is 9.71. The molecule has 5 rings (SSSR count). The van der Waals surface area contributed by atoms with E-state index in [1.165, 1.54) is 11.8 Å². The number of nitrogens with zero attached hydrogens (tertiary/aromatic N) is 1. The van der Waals surface area contributed by atoms with Gasteiger partial charge in [-0.25, -0.2) is 4.98 Å². The van der Waals surface area contributed by atoms with Crippen LogP contribution in [0.5, 0.6) is 11.5 Å². The molecule has 2 N–H and O–H groups in total. The number of ether oxygens (including phenoxy) is 2. The molecule has 0 bridgehead atoms. The lowest BCUT2D eigenvalue weighted by Crippen LogP contribution is -2.27. The Labute approximate surface area is 206 Å². The fourth-order valence-corrected chi connectivity index (χ4v) is 4.72. The number of thioether (sulfide) groups is 1. The van der Waals surface area contributed by atoms with Gasteiger partial charge in [-0.1, -0.05) is 30.0 Å². The first-order valence-corrected chi connectivity index (χ1v) is 12.0. The molecule has 0 spiro atoms. The number of amides is 2. The van der Waals surface area contributed by atoms with Crippen molar-refractivity contribution in [2.45, 2.75) is 24.9 Å². The van der Waals surface area contributed by atoms with E-state index >= 15 is 0 Å². The first-order valence-electron chi connectivity index (χ1n) is 11.1. The van der Waals surface area contributed by atoms with Gasteiger partial charge < -0.3 is 24.5 Å². The SMILES string of the molecule is Cc1c(C(C)NC(=O)c2cccnc2SCC(=O)Nc2ccc3c(c2)OCO3)oc2ccccc12. The van der Waals surface area contributed by atoms with Gasteiger partial charge in [-0.15, -0.1) is 0 Å². The summed E-state index contributed by atoms with van der Waals surface area (Å²) in [6, 6.07) is 16.0. The second-order valence-corrected chi connectivity index (χ2v) is 9.01. The van der Waals surface area contributed by atoms with Gasteiger partial charge in [0, 0.05) is 28.9 Å². The number of carbonyl (C=O) groups excluding carboxylic acids is 2. The van der Waals surface area contributed by atoms with E-state index in [0.29, 0.717) is 33.5 Å². The van der Waals surface area contributed by atoms with Gasteiger partial charge in [0.1, 0.15) is 16.4 Å². The van der Waals surface area contributed by atoms with E-state index < -0.39 is 0 Å². The predicted molar refractivity (Wildman–Crippen MR) is 133 cm³/mol. The van der Waals surface area contributed by atoms with E-state index in [1.54, 1.807) is 36.5 Å². The summed E-state index contributed by atoms with van der Waals surface area (Å²) in [5.41, 5.74) is 2.78. The molecule has 9 heteroatoms. The number of pyridine rings is 1. The van der Waals surface area contributed by atoms with Crippen molar-refractivity contribution in [2.75, 3.05) is 17.9 Å². The van der Waals surface area contributed by atoms with Crippen LogP contribution in [0.2, 0.25) is 0 Å². The maximum Gasteiger partial charge on any atom is 0.254 e. The number of fused-ring (bicyclic) bond motifs is 2. The molecular formula is C26H23N3O5S. The van der Waals surface area contributed by atoms with Crippen molar-refractivity contribution >= 4 is 40.2 Å². The molecule has 2 aromatic heterocycles. The van der Waals surface area contributed by atoms with Gasteiger partial charge in [0.25, 0.3) is 5.91 Å². The number of rotatable bonds is 7. The third-order valence-corrected chi connectivity index (χ3v) is 6.64. The molecule has 2 aromatic carbocycles. The summed E-state index contributed by atoms with van der Waals surface area (Å²) < 4.78 is 16.6. The van der Waals surface area contributed by atoms with Gasteiger partial charge in [-0.3, -0.25) is 9.59 Å². The van der Waals surface area contributed by atoms with E-state index in [-0.39, 0.29) is 30.4 Å². The highest BCUT2D eigenvalue weighted by Crippen LogP contribution is 2.34. The summed E-state index contributed by atoms with van der Waals surface area (Å²) in [6.45, 7) is 4.03. The minimum atomic E-state index is -0.345. The van der Waals surface area contributed by atoms with Crippen LogP contribution in [0.3, 0.4) is 0 Å². The zero-order valence-electron chi connectivity index (χ0n) is 19.2. The first kappa shape index (κ1) is 22.8. The van der Waals surface area contributed by atoms with E-state index in [9.17, 15) is 9.59 Å². The predicted octanol–water partition coefficient (Wildman–Crippen LogP) is 5.09. The molecule has 3 heterocycles. The van der Waals surface area contributed by atoms with E-state index in [0.717, 1.165) is 16.5 Å². The summed E-state index contributed by atoms with van der Waals surface area (Å²) in [7, 11) is 0. The standard InChI is InChI=1S/C26H23N3O5S/c1-15-18-6-3-4-8-20(18)34-24(15)16(2)28-25(31)19-7-5-11-27-26(19)35-13-23(30)29-17-9-10-21-22(12-17)33-14-32-21/h3-12,16H,13-14H2,1-2H3,(H,28,31)(H,29,30). The molecule has 0 saturated heterocycles. The lowest BCUT2D eigenvalue weighted by Gasteiger charge is -2.14. The third-order valence-electron chi connectivity index (χ3n) is 5.63. The Bertz CT molecular complexity index is 1420. The van der Waals surface area contributed by atoms with Gasteiger partial charge in [0.2, 0.25) is 12.7 Å². The van der Waals surface area contributed by atoms with Crippen LogP contribution in [-0.2, 0) is 4.79 Å². The molecule has 0 radical (unpaired) electrons. The molecule has 1 unspecified atom stereocenters. The molecule has 2 amide bonds. The van der Waals surface area contributed by atoms with Gasteiger partial charge >= 0.3 is 0 Å². The van der Waals surface area contributed by atoms with Crippen molar-refractivity contribution in [1.82, 2.24) is 10.3 Å². The molecule has 35 heavy (non-hydrogen) atoms. The Morgan fingerprint density at radius 2 is 1.91 bits per heavy atom. The number of carbonyl (C=O) groups is 2. The minimum Gasteiger partial charge on any atom is -0.459 e. The number of hydrogen-bond acceptors (Lipinski definition) is 7. The monoisotopic (exact) mass is 489 g/mol. The molecule has 8 nitrogen and oxygen atoms in total. The van der Waals surface area contributed by atoms with Crippen LogP contribution >= 0.6 is 11.8 Å². The van der Waals surface area contributed by atoms with Gasteiger partial charge in [0.15, 0.2) is 11.5 Å². The quantitative estimate of drug-likeness (QED) is 0.349. The van der Waals surface area contributed by atoms with Crippen molar-refractivity contribution < 1.29 is 23.5 Å². The number of furan rings is 1. The van der Waals surface area contributed by atoms with Crippen LogP contribution in [0.1, 0.15) is 34.6 Å². The Balaban J connectivity index is 1.24. The molecule has 4 aromatic rings. The van der Waals surface area contributed by atoms with Crippen molar-refractivity contribution in [3.63, 3.8) is 0 Å². The average molecular weight is 490 g/mol. The number of anilines is 1. The molecule has 1 atom stereocenters. The summed E-state index contributed by atoms with van der Waals surface area (Å²) in [4.78, 5) is 29.9. The zero-order valence-corrected chi connectivity index (χ0v) is 20.0. The highest BCUT2D eigenvalue weighted by Gasteiger charge is 2.21. The molecule has 0 aliphatic carbocycles. The topological polar surface area (TPSA) is 103 Å². The zero-order chi connectivity index (χ0) is 24.4. The lowest BCUT2D eigenvalue weighted by atomic mass is 10.1.